The molecule has 1 aliphatic rings. The fourth-order valence-corrected chi connectivity index (χ4v) is 4.76. The van der Waals surface area contributed by atoms with Gasteiger partial charge in [-0.25, -0.2) is 4.68 Å². The Bertz CT molecular complexity index is 1360. The third kappa shape index (κ3) is 5.00. The Hall–Kier alpha value is -3.97. The molecule has 0 aliphatic carbocycles. The van der Waals surface area contributed by atoms with Crippen LogP contribution in [0.3, 0.4) is 0 Å². The molecule has 3 aromatic carbocycles. The van der Waals surface area contributed by atoms with Crippen molar-refractivity contribution in [2.45, 2.75) is 18.6 Å². The molecule has 1 atom stereocenters. The van der Waals surface area contributed by atoms with Crippen molar-refractivity contribution in [3.05, 3.63) is 108 Å². The van der Waals surface area contributed by atoms with Crippen molar-refractivity contribution in [3.8, 4) is 16.9 Å². The minimum absolute atomic E-state index is 0.0395. The first kappa shape index (κ1) is 21.9. The van der Waals surface area contributed by atoms with Gasteiger partial charge in [-0.1, -0.05) is 90.1 Å². The Morgan fingerprint density at radius 2 is 1.79 bits per heavy atom. The van der Waals surface area contributed by atoms with Gasteiger partial charge in [0.2, 0.25) is 5.91 Å². The van der Waals surface area contributed by atoms with E-state index in [2.05, 4.69) is 34.6 Å². The van der Waals surface area contributed by atoms with E-state index in [-0.39, 0.29) is 11.2 Å². The highest BCUT2D eigenvalue weighted by atomic mass is 32.2. The molecule has 1 unspecified atom stereocenters. The largest absolute Gasteiger partial charge is 0.303 e. The van der Waals surface area contributed by atoms with Gasteiger partial charge in [0.25, 0.3) is 0 Å². The van der Waals surface area contributed by atoms with Gasteiger partial charge in [0.15, 0.2) is 5.17 Å². The number of benzene rings is 3. The van der Waals surface area contributed by atoms with E-state index in [9.17, 15) is 4.79 Å². The standard InChI is InChI=1S/C27H23N5OS/c1-19-9-8-10-20(15-19)16-24-26(33)29-27(34-24)30-28-17-22-18-32(23-13-6-3-7-14-23)31-25(22)21-11-4-2-5-12-21/h2-15,17-18,24H,16H2,1H3,(H,29,30,33)/b28-17+. The molecular weight excluding hydrogens is 442 g/mol. The zero-order valence-electron chi connectivity index (χ0n) is 18.6. The summed E-state index contributed by atoms with van der Waals surface area (Å²) in [4.78, 5) is 12.4. The highest BCUT2D eigenvalue weighted by Gasteiger charge is 2.30. The number of aromatic nitrogens is 2. The van der Waals surface area contributed by atoms with Crippen LogP contribution in [0.25, 0.3) is 16.9 Å². The lowest BCUT2D eigenvalue weighted by atomic mass is 10.1. The molecule has 1 fully saturated rings. The SMILES string of the molecule is Cc1cccc(CC2S/C(=N/N=C/c3cn(-c4ccccc4)nc3-c3ccccc3)NC2=O)c1. The van der Waals surface area contributed by atoms with E-state index in [0.717, 1.165) is 28.1 Å². The van der Waals surface area contributed by atoms with Crippen LogP contribution in [0.15, 0.2) is 101 Å². The van der Waals surface area contributed by atoms with E-state index >= 15 is 0 Å². The maximum atomic E-state index is 12.4. The van der Waals surface area contributed by atoms with Crippen LogP contribution >= 0.6 is 11.8 Å². The summed E-state index contributed by atoms with van der Waals surface area (Å²) in [5.74, 6) is -0.0395. The van der Waals surface area contributed by atoms with Gasteiger partial charge in [-0.3, -0.25) is 4.79 Å². The lowest BCUT2D eigenvalue weighted by molar-refractivity contribution is -0.118. The number of nitrogens with one attached hydrogen (secondary N) is 1. The Morgan fingerprint density at radius 1 is 1.03 bits per heavy atom. The second kappa shape index (κ2) is 9.89. The van der Waals surface area contributed by atoms with E-state index in [0.29, 0.717) is 11.6 Å². The van der Waals surface area contributed by atoms with Crippen LogP contribution in [0.5, 0.6) is 0 Å². The summed E-state index contributed by atoms with van der Waals surface area (Å²) in [7, 11) is 0. The van der Waals surface area contributed by atoms with Crippen molar-refractivity contribution in [1.82, 2.24) is 15.1 Å². The number of thioether (sulfide) groups is 1. The maximum Gasteiger partial charge on any atom is 0.239 e. The fourth-order valence-electron chi connectivity index (χ4n) is 3.80. The van der Waals surface area contributed by atoms with E-state index in [1.165, 1.54) is 17.3 Å². The van der Waals surface area contributed by atoms with Crippen LogP contribution in [0, 0.1) is 6.92 Å². The summed E-state index contributed by atoms with van der Waals surface area (Å²) in [6.45, 7) is 2.05. The molecule has 0 saturated carbocycles. The molecule has 1 amide bonds. The first-order chi connectivity index (χ1) is 16.7. The van der Waals surface area contributed by atoms with Crippen LogP contribution in [0.1, 0.15) is 16.7 Å². The Balaban J connectivity index is 1.36. The number of amides is 1. The molecule has 1 aliphatic heterocycles. The van der Waals surface area contributed by atoms with Crippen molar-refractivity contribution in [1.29, 1.82) is 0 Å². The minimum Gasteiger partial charge on any atom is -0.303 e. The molecule has 0 spiro atoms. The predicted octanol–water partition coefficient (Wildman–Crippen LogP) is 5.01. The molecule has 4 aromatic rings. The second-order valence-electron chi connectivity index (χ2n) is 8.02. The van der Waals surface area contributed by atoms with Gasteiger partial charge in [0.1, 0.15) is 5.69 Å². The number of carbonyl (C=O) groups excluding carboxylic acids is 1. The average molecular weight is 466 g/mol. The van der Waals surface area contributed by atoms with Gasteiger partial charge in [-0.05, 0) is 31.0 Å². The van der Waals surface area contributed by atoms with Gasteiger partial charge >= 0.3 is 0 Å². The molecule has 5 rings (SSSR count). The normalized spacial score (nSPS) is 16.9. The number of aryl methyl sites for hydroxylation is 1. The number of rotatable bonds is 6. The van der Waals surface area contributed by atoms with E-state index in [1.807, 2.05) is 83.7 Å². The van der Waals surface area contributed by atoms with Crippen molar-refractivity contribution >= 4 is 29.1 Å². The molecule has 1 aromatic heterocycles. The smallest absolute Gasteiger partial charge is 0.239 e. The predicted molar refractivity (Wildman–Crippen MR) is 138 cm³/mol. The Morgan fingerprint density at radius 3 is 2.56 bits per heavy atom. The van der Waals surface area contributed by atoms with Crippen molar-refractivity contribution in [2.75, 3.05) is 0 Å². The van der Waals surface area contributed by atoms with Crippen LogP contribution in [0.2, 0.25) is 0 Å². The summed E-state index contributed by atoms with van der Waals surface area (Å²) < 4.78 is 1.83. The van der Waals surface area contributed by atoms with Gasteiger partial charge in [-0.2, -0.15) is 10.2 Å². The van der Waals surface area contributed by atoms with Gasteiger partial charge < -0.3 is 5.32 Å². The van der Waals surface area contributed by atoms with Crippen molar-refractivity contribution < 1.29 is 4.79 Å². The third-order valence-corrected chi connectivity index (χ3v) is 6.51. The first-order valence-electron chi connectivity index (χ1n) is 11.0. The Labute approximate surface area is 202 Å². The molecule has 168 valence electrons. The molecule has 6 nitrogen and oxygen atoms in total. The first-order valence-corrected chi connectivity index (χ1v) is 11.9. The van der Waals surface area contributed by atoms with Crippen molar-refractivity contribution in [2.24, 2.45) is 10.2 Å². The highest BCUT2D eigenvalue weighted by molar-refractivity contribution is 8.15. The quantitative estimate of drug-likeness (QED) is 0.321. The number of hydrogen-bond acceptors (Lipinski definition) is 5. The fraction of sp³-hybridized carbons (Fsp3) is 0.111. The van der Waals surface area contributed by atoms with Gasteiger partial charge in [0, 0.05) is 17.3 Å². The molecule has 7 heteroatoms. The Kier molecular flexibility index (Phi) is 6.35. The summed E-state index contributed by atoms with van der Waals surface area (Å²) >= 11 is 1.41. The molecular formula is C27H23N5OS. The van der Waals surface area contributed by atoms with E-state index < -0.39 is 0 Å². The van der Waals surface area contributed by atoms with Crippen LogP contribution in [0.4, 0.5) is 0 Å². The molecule has 1 saturated heterocycles. The van der Waals surface area contributed by atoms with E-state index in [4.69, 9.17) is 5.10 Å². The second-order valence-corrected chi connectivity index (χ2v) is 9.21. The summed E-state index contributed by atoms with van der Waals surface area (Å²) in [5.41, 5.74) is 5.93. The van der Waals surface area contributed by atoms with Gasteiger partial charge in [-0.15, -0.1) is 5.10 Å². The monoisotopic (exact) mass is 465 g/mol. The third-order valence-electron chi connectivity index (χ3n) is 5.44. The minimum atomic E-state index is -0.212. The molecule has 2 heterocycles. The van der Waals surface area contributed by atoms with E-state index in [1.54, 1.807) is 6.21 Å². The van der Waals surface area contributed by atoms with Crippen LogP contribution < -0.4 is 5.32 Å². The zero-order chi connectivity index (χ0) is 23.3. The lowest BCUT2D eigenvalue weighted by Crippen LogP contribution is -2.25. The number of hydrogen-bond donors (Lipinski definition) is 1. The topological polar surface area (TPSA) is 71.6 Å². The zero-order valence-corrected chi connectivity index (χ0v) is 19.4. The molecule has 34 heavy (non-hydrogen) atoms. The number of carbonyl (C=O) groups is 1. The van der Waals surface area contributed by atoms with Crippen LogP contribution in [-0.2, 0) is 11.2 Å². The summed E-state index contributed by atoms with van der Waals surface area (Å²) in [5, 5.41) is 16.5. The number of para-hydroxylation sites is 1. The number of amidine groups is 1. The lowest BCUT2D eigenvalue weighted by Gasteiger charge is -2.05. The maximum absolute atomic E-state index is 12.4. The average Bonchev–Trinajstić information content (AvgIpc) is 3.44. The van der Waals surface area contributed by atoms with Crippen molar-refractivity contribution in [3.63, 3.8) is 0 Å². The highest BCUT2D eigenvalue weighted by Crippen LogP contribution is 2.25. The molecule has 0 bridgehead atoms. The van der Waals surface area contributed by atoms with Crippen LogP contribution in [-0.4, -0.2) is 32.3 Å². The number of nitrogens with zero attached hydrogens (tertiary/aromatic N) is 4. The summed E-state index contributed by atoms with van der Waals surface area (Å²) in [6.07, 6.45) is 4.27. The molecule has 1 N–H and O–H groups in total. The molecule has 0 radical (unpaired) electrons. The van der Waals surface area contributed by atoms with Gasteiger partial charge in [0.05, 0.1) is 17.2 Å². The summed E-state index contributed by atoms with van der Waals surface area (Å²) in [6, 6.07) is 28.1.